The Bertz CT molecular complexity index is 272. The van der Waals surface area contributed by atoms with Gasteiger partial charge in [0.2, 0.25) is 0 Å². The van der Waals surface area contributed by atoms with Gasteiger partial charge >= 0.3 is 0 Å². The lowest BCUT2D eigenvalue weighted by molar-refractivity contribution is 0.199. The van der Waals surface area contributed by atoms with Gasteiger partial charge in [0.15, 0.2) is 0 Å². The molecule has 2 aliphatic rings. The van der Waals surface area contributed by atoms with Gasteiger partial charge in [-0.2, -0.15) is 0 Å². The van der Waals surface area contributed by atoms with Crippen molar-refractivity contribution in [1.29, 1.82) is 0 Å². The Labute approximate surface area is 88.1 Å². The van der Waals surface area contributed by atoms with Crippen molar-refractivity contribution in [1.82, 2.24) is 0 Å². The molecular formula is C14H22. The van der Waals surface area contributed by atoms with E-state index in [2.05, 4.69) is 39.0 Å². The molecule has 0 saturated heterocycles. The van der Waals surface area contributed by atoms with E-state index in [-0.39, 0.29) is 0 Å². The van der Waals surface area contributed by atoms with E-state index in [1.807, 2.05) is 0 Å². The summed E-state index contributed by atoms with van der Waals surface area (Å²) in [6, 6.07) is 0. The van der Waals surface area contributed by atoms with Gasteiger partial charge in [0, 0.05) is 0 Å². The third-order valence-corrected chi connectivity index (χ3v) is 4.54. The maximum Gasteiger partial charge on any atom is -0.00481 e. The summed E-state index contributed by atoms with van der Waals surface area (Å²) in [5, 5.41) is 0. The van der Waals surface area contributed by atoms with Crippen LogP contribution in [0.1, 0.15) is 46.5 Å². The molecule has 1 fully saturated rings. The molecule has 78 valence electrons. The first kappa shape index (κ1) is 10.0. The minimum Gasteiger partial charge on any atom is -0.0879 e. The molecule has 0 aromatic rings. The Morgan fingerprint density at radius 2 is 2.36 bits per heavy atom. The van der Waals surface area contributed by atoms with Crippen LogP contribution in [0.2, 0.25) is 0 Å². The molecule has 0 spiro atoms. The molecule has 0 aliphatic heterocycles. The highest BCUT2D eigenvalue weighted by atomic mass is 14.5. The largest absolute Gasteiger partial charge is 0.0879 e. The summed E-state index contributed by atoms with van der Waals surface area (Å²) in [4.78, 5) is 0. The van der Waals surface area contributed by atoms with Crippen LogP contribution in [0.3, 0.4) is 0 Å². The molecule has 14 heavy (non-hydrogen) atoms. The summed E-state index contributed by atoms with van der Waals surface area (Å²) < 4.78 is 0. The smallest absolute Gasteiger partial charge is 0.00481 e. The van der Waals surface area contributed by atoms with Crippen LogP contribution >= 0.6 is 0 Å². The molecule has 3 unspecified atom stereocenters. The molecular weight excluding hydrogens is 168 g/mol. The van der Waals surface area contributed by atoms with E-state index < -0.39 is 0 Å². The molecule has 1 saturated carbocycles. The van der Waals surface area contributed by atoms with Crippen molar-refractivity contribution in [3.63, 3.8) is 0 Å². The lowest BCUT2D eigenvalue weighted by atomic mass is 9.65. The van der Waals surface area contributed by atoms with Gasteiger partial charge in [0.1, 0.15) is 0 Å². The van der Waals surface area contributed by atoms with Gasteiger partial charge in [0.05, 0.1) is 0 Å². The van der Waals surface area contributed by atoms with E-state index >= 15 is 0 Å². The number of allylic oxidation sites excluding steroid dienone is 4. The zero-order valence-corrected chi connectivity index (χ0v) is 9.72. The predicted molar refractivity (Wildman–Crippen MR) is 62.1 cm³/mol. The Kier molecular flexibility index (Phi) is 2.55. The van der Waals surface area contributed by atoms with E-state index in [1.165, 1.54) is 25.7 Å². The highest BCUT2D eigenvalue weighted by molar-refractivity contribution is 5.25. The molecule has 0 nitrogen and oxygen atoms in total. The molecule has 2 aliphatic carbocycles. The fourth-order valence-corrected chi connectivity index (χ4v) is 3.64. The SMILES string of the molecule is CC=C1CCC2C(CC)C=CCC12C. The Balaban J connectivity index is 2.32. The van der Waals surface area contributed by atoms with Gasteiger partial charge in [-0.25, -0.2) is 0 Å². The first-order valence-corrected chi connectivity index (χ1v) is 6.04. The highest BCUT2D eigenvalue weighted by Crippen LogP contribution is 2.55. The lowest BCUT2D eigenvalue weighted by Crippen LogP contribution is -2.30. The number of hydrogen-bond acceptors (Lipinski definition) is 0. The summed E-state index contributed by atoms with van der Waals surface area (Å²) in [5.41, 5.74) is 2.22. The van der Waals surface area contributed by atoms with Crippen LogP contribution in [0.5, 0.6) is 0 Å². The van der Waals surface area contributed by atoms with Crippen molar-refractivity contribution in [3.05, 3.63) is 23.8 Å². The fraction of sp³-hybridized carbons (Fsp3) is 0.714. The second-order valence-corrected chi connectivity index (χ2v) is 5.08. The quantitative estimate of drug-likeness (QED) is 0.540. The summed E-state index contributed by atoms with van der Waals surface area (Å²) in [6.45, 7) is 7.02. The van der Waals surface area contributed by atoms with Gasteiger partial charge in [-0.1, -0.05) is 37.6 Å². The lowest BCUT2D eigenvalue weighted by Gasteiger charge is -2.39. The van der Waals surface area contributed by atoms with E-state index in [4.69, 9.17) is 0 Å². The molecule has 2 rings (SSSR count). The van der Waals surface area contributed by atoms with Crippen LogP contribution in [0, 0.1) is 17.3 Å². The Morgan fingerprint density at radius 1 is 1.57 bits per heavy atom. The van der Waals surface area contributed by atoms with Gasteiger partial charge in [-0.3, -0.25) is 0 Å². The maximum atomic E-state index is 2.48. The van der Waals surface area contributed by atoms with E-state index in [9.17, 15) is 0 Å². The van der Waals surface area contributed by atoms with Crippen molar-refractivity contribution in [2.45, 2.75) is 46.5 Å². The standard InChI is InChI=1S/C14H22/c1-4-11-7-6-10-14(3)12(5-2)8-9-13(11)14/h5-7,11,13H,4,8-10H2,1-3H3. The zero-order valence-electron chi connectivity index (χ0n) is 9.72. The third-order valence-electron chi connectivity index (χ3n) is 4.54. The normalized spacial score (nSPS) is 44.4. The van der Waals surface area contributed by atoms with Gasteiger partial charge < -0.3 is 0 Å². The van der Waals surface area contributed by atoms with Crippen LogP contribution in [0.4, 0.5) is 0 Å². The highest BCUT2D eigenvalue weighted by Gasteiger charge is 2.45. The topological polar surface area (TPSA) is 0 Å². The molecule has 0 heterocycles. The second kappa shape index (κ2) is 3.56. The molecule has 0 N–H and O–H groups in total. The average molecular weight is 190 g/mol. The van der Waals surface area contributed by atoms with Crippen molar-refractivity contribution < 1.29 is 0 Å². The van der Waals surface area contributed by atoms with Crippen LogP contribution in [-0.2, 0) is 0 Å². The first-order chi connectivity index (χ1) is 6.72. The van der Waals surface area contributed by atoms with Gasteiger partial charge in [-0.15, -0.1) is 0 Å². The van der Waals surface area contributed by atoms with E-state index in [0.717, 1.165) is 11.8 Å². The summed E-state index contributed by atoms with van der Waals surface area (Å²) in [7, 11) is 0. The van der Waals surface area contributed by atoms with Crippen molar-refractivity contribution in [3.8, 4) is 0 Å². The van der Waals surface area contributed by atoms with Crippen LogP contribution in [0.25, 0.3) is 0 Å². The molecule has 3 atom stereocenters. The van der Waals surface area contributed by atoms with Gasteiger partial charge in [-0.05, 0) is 49.9 Å². The molecule has 0 amide bonds. The molecule has 0 radical (unpaired) electrons. The average Bonchev–Trinajstić information content (AvgIpc) is 2.53. The van der Waals surface area contributed by atoms with Crippen LogP contribution in [0.15, 0.2) is 23.8 Å². The molecule has 0 aromatic carbocycles. The zero-order chi connectivity index (χ0) is 10.2. The van der Waals surface area contributed by atoms with Crippen molar-refractivity contribution in [2.24, 2.45) is 17.3 Å². The summed E-state index contributed by atoms with van der Waals surface area (Å²) >= 11 is 0. The second-order valence-electron chi connectivity index (χ2n) is 5.08. The molecule has 0 bridgehead atoms. The van der Waals surface area contributed by atoms with Crippen molar-refractivity contribution in [2.75, 3.05) is 0 Å². The third kappa shape index (κ3) is 1.27. The minimum absolute atomic E-state index is 0.504. The summed E-state index contributed by atoms with van der Waals surface area (Å²) in [6.07, 6.45) is 12.6. The molecule has 0 aromatic heterocycles. The summed E-state index contributed by atoms with van der Waals surface area (Å²) in [5.74, 6) is 1.76. The van der Waals surface area contributed by atoms with Crippen molar-refractivity contribution >= 4 is 0 Å². The number of rotatable bonds is 1. The first-order valence-electron chi connectivity index (χ1n) is 6.04. The monoisotopic (exact) mass is 190 g/mol. The Morgan fingerprint density at radius 3 is 3.00 bits per heavy atom. The molecule has 0 heteroatoms. The number of hydrogen-bond donors (Lipinski definition) is 0. The Hall–Kier alpha value is -0.520. The minimum atomic E-state index is 0.504. The van der Waals surface area contributed by atoms with E-state index in [1.54, 1.807) is 5.57 Å². The van der Waals surface area contributed by atoms with Crippen LogP contribution < -0.4 is 0 Å². The van der Waals surface area contributed by atoms with E-state index in [0.29, 0.717) is 5.41 Å². The predicted octanol–water partition coefficient (Wildman–Crippen LogP) is 4.34. The maximum absolute atomic E-state index is 2.48. The van der Waals surface area contributed by atoms with Gasteiger partial charge in [0.25, 0.3) is 0 Å². The van der Waals surface area contributed by atoms with Crippen LogP contribution in [-0.4, -0.2) is 0 Å². The number of fused-ring (bicyclic) bond motifs is 1. The fourth-order valence-electron chi connectivity index (χ4n) is 3.64.